The van der Waals surface area contributed by atoms with E-state index in [0.717, 1.165) is 40.3 Å². The Hall–Kier alpha value is -3.46. The molecule has 0 fully saturated rings. The SMILES string of the molecule is COc1ccccc1-c1cn(Cc2ccccc2)cc1-c1ccccc1OC. The minimum absolute atomic E-state index is 0.804. The van der Waals surface area contributed by atoms with Crippen molar-refractivity contribution >= 4 is 0 Å². The summed E-state index contributed by atoms with van der Waals surface area (Å²) >= 11 is 0. The van der Waals surface area contributed by atoms with Gasteiger partial charge in [0.25, 0.3) is 0 Å². The number of para-hydroxylation sites is 2. The summed E-state index contributed by atoms with van der Waals surface area (Å²) in [5.74, 6) is 1.72. The molecular formula is C25H23NO2. The number of ether oxygens (including phenoxy) is 2. The Balaban J connectivity index is 1.88. The van der Waals surface area contributed by atoms with Gasteiger partial charge in [0.05, 0.1) is 14.2 Å². The first kappa shape index (κ1) is 17.9. The van der Waals surface area contributed by atoms with Crippen LogP contribution in [0.15, 0.2) is 91.3 Å². The van der Waals surface area contributed by atoms with E-state index in [-0.39, 0.29) is 0 Å². The van der Waals surface area contributed by atoms with Crippen LogP contribution in [0.4, 0.5) is 0 Å². The van der Waals surface area contributed by atoms with Gasteiger partial charge in [0.2, 0.25) is 0 Å². The fourth-order valence-electron chi connectivity index (χ4n) is 3.56. The van der Waals surface area contributed by atoms with Gasteiger partial charge in [0, 0.05) is 41.2 Å². The van der Waals surface area contributed by atoms with E-state index < -0.39 is 0 Å². The predicted molar refractivity (Wildman–Crippen MR) is 114 cm³/mol. The third-order valence-electron chi connectivity index (χ3n) is 4.88. The molecule has 0 bridgehead atoms. The Morgan fingerprint density at radius 1 is 0.571 bits per heavy atom. The van der Waals surface area contributed by atoms with Crippen LogP contribution in [-0.2, 0) is 6.54 Å². The molecule has 4 rings (SSSR count). The Morgan fingerprint density at radius 2 is 1.04 bits per heavy atom. The molecule has 0 radical (unpaired) electrons. The molecule has 0 spiro atoms. The van der Waals surface area contributed by atoms with E-state index in [1.54, 1.807) is 14.2 Å². The third-order valence-corrected chi connectivity index (χ3v) is 4.88. The molecule has 1 aromatic heterocycles. The van der Waals surface area contributed by atoms with Gasteiger partial charge in [-0.3, -0.25) is 0 Å². The van der Waals surface area contributed by atoms with Crippen molar-refractivity contribution in [3.63, 3.8) is 0 Å². The molecule has 140 valence electrons. The second kappa shape index (κ2) is 8.05. The van der Waals surface area contributed by atoms with Gasteiger partial charge in [-0.2, -0.15) is 0 Å². The fourth-order valence-corrected chi connectivity index (χ4v) is 3.56. The highest BCUT2D eigenvalue weighted by Gasteiger charge is 2.17. The molecule has 3 aromatic carbocycles. The van der Waals surface area contributed by atoms with Crippen molar-refractivity contribution in [3.8, 4) is 33.8 Å². The summed E-state index contributed by atoms with van der Waals surface area (Å²) in [7, 11) is 3.42. The number of hydrogen-bond acceptors (Lipinski definition) is 2. The largest absolute Gasteiger partial charge is 0.496 e. The van der Waals surface area contributed by atoms with Gasteiger partial charge in [-0.15, -0.1) is 0 Å². The number of nitrogens with zero attached hydrogens (tertiary/aromatic N) is 1. The van der Waals surface area contributed by atoms with Gasteiger partial charge in [-0.1, -0.05) is 66.7 Å². The molecule has 0 aliphatic rings. The van der Waals surface area contributed by atoms with Crippen LogP contribution >= 0.6 is 0 Å². The van der Waals surface area contributed by atoms with Crippen molar-refractivity contribution in [2.24, 2.45) is 0 Å². The molecule has 0 aliphatic heterocycles. The van der Waals surface area contributed by atoms with Gasteiger partial charge in [0.15, 0.2) is 0 Å². The van der Waals surface area contributed by atoms with Crippen molar-refractivity contribution in [3.05, 3.63) is 96.8 Å². The van der Waals surface area contributed by atoms with E-state index in [1.807, 2.05) is 42.5 Å². The summed E-state index contributed by atoms with van der Waals surface area (Å²) in [5.41, 5.74) is 5.64. The van der Waals surface area contributed by atoms with Crippen molar-refractivity contribution < 1.29 is 9.47 Å². The minimum atomic E-state index is 0.804. The lowest BCUT2D eigenvalue weighted by Gasteiger charge is -2.11. The van der Waals surface area contributed by atoms with Crippen LogP contribution in [-0.4, -0.2) is 18.8 Å². The Bertz CT molecular complexity index is 1000. The number of benzene rings is 3. The molecule has 0 unspecified atom stereocenters. The monoisotopic (exact) mass is 369 g/mol. The molecule has 1 heterocycles. The molecule has 0 saturated carbocycles. The van der Waals surface area contributed by atoms with Gasteiger partial charge >= 0.3 is 0 Å². The van der Waals surface area contributed by atoms with E-state index in [2.05, 4.69) is 53.4 Å². The molecule has 4 aromatic rings. The molecule has 28 heavy (non-hydrogen) atoms. The quantitative estimate of drug-likeness (QED) is 0.423. The van der Waals surface area contributed by atoms with Crippen LogP contribution < -0.4 is 9.47 Å². The van der Waals surface area contributed by atoms with E-state index in [0.29, 0.717) is 0 Å². The summed E-state index contributed by atoms with van der Waals surface area (Å²) < 4.78 is 13.5. The second-order valence-electron chi connectivity index (χ2n) is 6.64. The molecule has 3 heteroatoms. The van der Waals surface area contributed by atoms with Crippen molar-refractivity contribution in [2.45, 2.75) is 6.54 Å². The average Bonchev–Trinajstić information content (AvgIpc) is 3.17. The highest BCUT2D eigenvalue weighted by molar-refractivity contribution is 5.88. The van der Waals surface area contributed by atoms with E-state index >= 15 is 0 Å². The number of hydrogen-bond donors (Lipinski definition) is 0. The van der Waals surface area contributed by atoms with Crippen LogP contribution in [0.2, 0.25) is 0 Å². The summed E-state index contributed by atoms with van der Waals surface area (Å²) in [4.78, 5) is 0. The van der Waals surface area contributed by atoms with Crippen molar-refractivity contribution in [2.75, 3.05) is 14.2 Å². The second-order valence-corrected chi connectivity index (χ2v) is 6.64. The number of methoxy groups -OCH3 is 2. The Morgan fingerprint density at radius 3 is 1.54 bits per heavy atom. The standard InChI is InChI=1S/C25H23NO2/c1-27-24-14-8-6-12-20(24)22-17-26(16-19-10-4-3-5-11-19)18-23(22)21-13-7-9-15-25(21)28-2/h3-15,17-18H,16H2,1-2H3. The van der Waals surface area contributed by atoms with Gasteiger partial charge in [-0.05, 0) is 17.7 Å². The highest BCUT2D eigenvalue weighted by atomic mass is 16.5. The van der Waals surface area contributed by atoms with Crippen LogP contribution in [0, 0.1) is 0 Å². The molecule has 0 saturated heterocycles. The van der Waals surface area contributed by atoms with Crippen LogP contribution in [0.1, 0.15) is 5.56 Å². The minimum Gasteiger partial charge on any atom is -0.496 e. The molecule has 0 amide bonds. The molecule has 3 nitrogen and oxygen atoms in total. The fraction of sp³-hybridized carbons (Fsp3) is 0.120. The lowest BCUT2D eigenvalue weighted by Crippen LogP contribution is -1.95. The normalized spacial score (nSPS) is 10.6. The summed E-state index contributed by atoms with van der Waals surface area (Å²) in [6.07, 6.45) is 4.37. The zero-order chi connectivity index (χ0) is 19.3. The van der Waals surface area contributed by atoms with Crippen LogP contribution in [0.5, 0.6) is 11.5 Å². The van der Waals surface area contributed by atoms with Gasteiger partial charge in [0.1, 0.15) is 11.5 Å². The topological polar surface area (TPSA) is 23.4 Å². The lowest BCUT2D eigenvalue weighted by molar-refractivity contribution is 0.416. The lowest BCUT2D eigenvalue weighted by atomic mass is 9.98. The molecular weight excluding hydrogens is 346 g/mol. The van der Waals surface area contributed by atoms with E-state index in [4.69, 9.17) is 9.47 Å². The maximum atomic E-state index is 5.63. The summed E-state index contributed by atoms with van der Waals surface area (Å²) in [6.45, 7) is 0.804. The highest BCUT2D eigenvalue weighted by Crippen LogP contribution is 2.41. The van der Waals surface area contributed by atoms with Crippen LogP contribution in [0.3, 0.4) is 0 Å². The smallest absolute Gasteiger partial charge is 0.126 e. The van der Waals surface area contributed by atoms with E-state index in [1.165, 1.54) is 5.56 Å². The third kappa shape index (κ3) is 3.52. The molecule has 0 aliphatic carbocycles. The number of rotatable bonds is 6. The maximum Gasteiger partial charge on any atom is 0.126 e. The first-order chi connectivity index (χ1) is 13.8. The molecule has 0 N–H and O–H groups in total. The van der Waals surface area contributed by atoms with Gasteiger partial charge in [-0.25, -0.2) is 0 Å². The van der Waals surface area contributed by atoms with Gasteiger partial charge < -0.3 is 14.0 Å². The Kier molecular flexibility index (Phi) is 5.16. The number of aromatic nitrogens is 1. The van der Waals surface area contributed by atoms with E-state index in [9.17, 15) is 0 Å². The zero-order valence-electron chi connectivity index (χ0n) is 16.1. The predicted octanol–water partition coefficient (Wildman–Crippen LogP) is 5.89. The summed E-state index contributed by atoms with van der Waals surface area (Å²) in [6, 6.07) is 26.7. The summed E-state index contributed by atoms with van der Waals surface area (Å²) in [5, 5.41) is 0. The first-order valence-corrected chi connectivity index (χ1v) is 9.30. The van der Waals surface area contributed by atoms with Crippen molar-refractivity contribution in [1.82, 2.24) is 4.57 Å². The Labute approximate surface area is 165 Å². The van der Waals surface area contributed by atoms with Crippen LogP contribution in [0.25, 0.3) is 22.3 Å². The first-order valence-electron chi connectivity index (χ1n) is 9.30. The maximum absolute atomic E-state index is 5.63. The van der Waals surface area contributed by atoms with Crippen molar-refractivity contribution in [1.29, 1.82) is 0 Å². The molecule has 0 atom stereocenters. The zero-order valence-corrected chi connectivity index (χ0v) is 16.1. The average molecular weight is 369 g/mol.